The van der Waals surface area contributed by atoms with Crippen LogP contribution in [-0.2, 0) is 6.54 Å². The van der Waals surface area contributed by atoms with E-state index >= 15 is 0 Å². The third kappa shape index (κ3) is 2.83. The fraction of sp³-hybridized carbons (Fsp3) is 0.176. The molecule has 22 heavy (non-hydrogen) atoms. The summed E-state index contributed by atoms with van der Waals surface area (Å²) in [5.41, 5.74) is 3.36. The van der Waals surface area contributed by atoms with Gasteiger partial charge in [-0.3, -0.25) is 9.20 Å². The van der Waals surface area contributed by atoms with E-state index in [0.29, 0.717) is 29.1 Å². The molecule has 112 valence electrons. The summed E-state index contributed by atoms with van der Waals surface area (Å²) in [5, 5.41) is 3.08. The van der Waals surface area contributed by atoms with Gasteiger partial charge in [0.05, 0.1) is 12.2 Å². The molecule has 2 heterocycles. The molecule has 0 aliphatic heterocycles. The van der Waals surface area contributed by atoms with Crippen LogP contribution in [0.15, 0.2) is 47.4 Å². The van der Waals surface area contributed by atoms with Crippen LogP contribution in [0.25, 0.3) is 5.65 Å². The van der Waals surface area contributed by atoms with Gasteiger partial charge in [0.15, 0.2) is 0 Å². The lowest BCUT2D eigenvalue weighted by Gasteiger charge is -2.08. The Balaban J connectivity index is 1.86. The molecule has 0 radical (unpaired) electrons. The van der Waals surface area contributed by atoms with E-state index in [1.807, 2.05) is 19.1 Å². The third-order valence-electron chi connectivity index (χ3n) is 3.51. The molecule has 2 aromatic heterocycles. The Kier molecular flexibility index (Phi) is 3.63. The van der Waals surface area contributed by atoms with Crippen LogP contribution in [0.2, 0.25) is 0 Å². The minimum absolute atomic E-state index is 0.124. The SMILES string of the molecule is Cc1ccc2nc(CNc3ccc(C)c(F)c3)cc(=O)n2c1. The molecular weight excluding hydrogens is 281 g/mol. The van der Waals surface area contributed by atoms with Crippen LogP contribution in [0.4, 0.5) is 10.1 Å². The van der Waals surface area contributed by atoms with Crippen LogP contribution in [0.1, 0.15) is 16.8 Å². The second kappa shape index (κ2) is 5.60. The van der Waals surface area contributed by atoms with E-state index in [0.717, 1.165) is 5.56 Å². The smallest absolute Gasteiger partial charge is 0.258 e. The normalized spacial score (nSPS) is 10.9. The Morgan fingerprint density at radius 2 is 2.00 bits per heavy atom. The molecule has 0 saturated heterocycles. The standard InChI is InChI=1S/C17H16FN3O/c1-11-3-6-16-20-14(8-17(22)21(16)10-11)9-19-13-5-4-12(2)15(18)7-13/h3-8,10,19H,9H2,1-2H3. The Bertz CT molecular complexity index is 902. The summed E-state index contributed by atoms with van der Waals surface area (Å²) in [7, 11) is 0. The lowest BCUT2D eigenvalue weighted by molar-refractivity contribution is 0.619. The van der Waals surface area contributed by atoms with Gasteiger partial charge in [-0.15, -0.1) is 0 Å². The summed E-state index contributed by atoms with van der Waals surface area (Å²) in [4.78, 5) is 16.5. The summed E-state index contributed by atoms with van der Waals surface area (Å²) in [6, 6.07) is 10.2. The van der Waals surface area contributed by atoms with Crippen LogP contribution in [-0.4, -0.2) is 9.38 Å². The highest BCUT2D eigenvalue weighted by Gasteiger charge is 2.04. The van der Waals surface area contributed by atoms with Gasteiger partial charge in [0, 0.05) is 18.0 Å². The number of fused-ring (bicyclic) bond motifs is 1. The first kappa shape index (κ1) is 14.3. The lowest BCUT2D eigenvalue weighted by Crippen LogP contribution is -2.17. The molecule has 0 fully saturated rings. The number of nitrogens with one attached hydrogen (secondary N) is 1. The van der Waals surface area contributed by atoms with Gasteiger partial charge in [-0.2, -0.15) is 0 Å². The van der Waals surface area contributed by atoms with Gasteiger partial charge < -0.3 is 5.32 Å². The molecule has 1 N–H and O–H groups in total. The fourth-order valence-corrected chi connectivity index (χ4v) is 2.24. The maximum Gasteiger partial charge on any atom is 0.258 e. The molecule has 0 unspecified atom stereocenters. The van der Waals surface area contributed by atoms with E-state index in [4.69, 9.17) is 0 Å². The molecule has 0 atom stereocenters. The van der Waals surface area contributed by atoms with E-state index in [1.54, 1.807) is 25.3 Å². The molecular formula is C17H16FN3O. The number of rotatable bonds is 3. The first-order chi connectivity index (χ1) is 10.5. The molecule has 3 rings (SSSR count). The number of pyridine rings is 1. The Morgan fingerprint density at radius 3 is 2.77 bits per heavy atom. The minimum atomic E-state index is -0.257. The molecule has 0 aliphatic rings. The molecule has 0 spiro atoms. The highest BCUT2D eigenvalue weighted by molar-refractivity contribution is 5.46. The van der Waals surface area contributed by atoms with Crippen LogP contribution >= 0.6 is 0 Å². The number of nitrogens with zero attached hydrogens (tertiary/aromatic N) is 2. The van der Waals surface area contributed by atoms with E-state index in [2.05, 4.69) is 10.3 Å². The number of aryl methyl sites for hydroxylation is 2. The van der Waals surface area contributed by atoms with Gasteiger partial charge in [0.2, 0.25) is 0 Å². The van der Waals surface area contributed by atoms with E-state index in [9.17, 15) is 9.18 Å². The van der Waals surface area contributed by atoms with Gasteiger partial charge in [-0.1, -0.05) is 12.1 Å². The largest absolute Gasteiger partial charge is 0.379 e. The van der Waals surface area contributed by atoms with Crippen molar-refractivity contribution < 1.29 is 4.39 Å². The molecule has 3 aromatic rings. The van der Waals surface area contributed by atoms with Crippen molar-refractivity contribution in [2.24, 2.45) is 0 Å². The number of anilines is 1. The Morgan fingerprint density at radius 1 is 1.18 bits per heavy atom. The Labute approximate surface area is 127 Å². The maximum atomic E-state index is 13.5. The zero-order chi connectivity index (χ0) is 15.7. The molecule has 0 amide bonds. The first-order valence-corrected chi connectivity index (χ1v) is 7.02. The van der Waals surface area contributed by atoms with Crippen LogP contribution < -0.4 is 10.9 Å². The van der Waals surface area contributed by atoms with Crippen molar-refractivity contribution in [3.05, 3.63) is 75.6 Å². The Hall–Kier alpha value is -2.69. The summed E-state index contributed by atoms with van der Waals surface area (Å²) < 4.78 is 15.0. The number of aromatic nitrogens is 2. The quantitative estimate of drug-likeness (QED) is 0.808. The summed E-state index contributed by atoms with van der Waals surface area (Å²) in [5.74, 6) is -0.257. The predicted octanol–water partition coefficient (Wildman–Crippen LogP) is 3.06. The maximum absolute atomic E-state index is 13.5. The van der Waals surface area contributed by atoms with Crippen LogP contribution in [0.3, 0.4) is 0 Å². The van der Waals surface area contributed by atoms with E-state index in [-0.39, 0.29) is 11.4 Å². The van der Waals surface area contributed by atoms with E-state index < -0.39 is 0 Å². The van der Waals surface area contributed by atoms with Gasteiger partial charge in [-0.25, -0.2) is 9.37 Å². The van der Waals surface area contributed by atoms with Crippen LogP contribution in [0, 0.1) is 19.7 Å². The third-order valence-corrected chi connectivity index (χ3v) is 3.51. The van der Waals surface area contributed by atoms with Crippen molar-refractivity contribution >= 4 is 11.3 Å². The molecule has 0 saturated carbocycles. The number of benzene rings is 1. The molecule has 5 heteroatoms. The highest BCUT2D eigenvalue weighted by Crippen LogP contribution is 2.14. The van der Waals surface area contributed by atoms with Crippen LogP contribution in [0.5, 0.6) is 0 Å². The van der Waals surface area contributed by atoms with Crippen molar-refractivity contribution in [1.29, 1.82) is 0 Å². The van der Waals surface area contributed by atoms with E-state index in [1.165, 1.54) is 16.5 Å². The zero-order valence-electron chi connectivity index (χ0n) is 12.4. The van der Waals surface area contributed by atoms with Crippen molar-refractivity contribution in [3.8, 4) is 0 Å². The summed E-state index contributed by atoms with van der Waals surface area (Å²) >= 11 is 0. The van der Waals surface area contributed by atoms with Crippen molar-refractivity contribution in [2.75, 3.05) is 5.32 Å². The predicted molar refractivity (Wildman–Crippen MR) is 84.7 cm³/mol. The monoisotopic (exact) mass is 297 g/mol. The molecule has 4 nitrogen and oxygen atoms in total. The van der Waals surface area contributed by atoms with Gasteiger partial charge >= 0.3 is 0 Å². The van der Waals surface area contributed by atoms with Crippen molar-refractivity contribution in [1.82, 2.24) is 9.38 Å². The van der Waals surface area contributed by atoms with Gasteiger partial charge in [0.25, 0.3) is 5.56 Å². The second-order valence-electron chi connectivity index (χ2n) is 5.34. The number of hydrogen-bond acceptors (Lipinski definition) is 3. The average molecular weight is 297 g/mol. The summed E-state index contributed by atoms with van der Waals surface area (Å²) in [6.07, 6.45) is 1.76. The fourth-order valence-electron chi connectivity index (χ4n) is 2.24. The average Bonchev–Trinajstić information content (AvgIpc) is 2.49. The van der Waals surface area contributed by atoms with Crippen molar-refractivity contribution in [3.63, 3.8) is 0 Å². The number of halogens is 1. The topological polar surface area (TPSA) is 46.4 Å². The zero-order valence-corrected chi connectivity index (χ0v) is 12.4. The second-order valence-corrected chi connectivity index (χ2v) is 5.34. The molecule has 0 aliphatic carbocycles. The highest BCUT2D eigenvalue weighted by atomic mass is 19.1. The minimum Gasteiger partial charge on any atom is -0.379 e. The number of hydrogen-bond donors (Lipinski definition) is 1. The lowest BCUT2D eigenvalue weighted by atomic mass is 10.2. The molecule has 0 bridgehead atoms. The first-order valence-electron chi connectivity index (χ1n) is 7.02. The van der Waals surface area contributed by atoms with Gasteiger partial charge in [0.1, 0.15) is 11.5 Å². The van der Waals surface area contributed by atoms with Crippen molar-refractivity contribution in [2.45, 2.75) is 20.4 Å². The summed E-state index contributed by atoms with van der Waals surface area (Å²) in [6.45, 7) is 4.00. The van der Waals surface area contributed by atoms with Gasteiger partial charge in [-0.05, 0) is 43.2 Å². The molecule has 1 aromatic carbocycles.